The molecule has 1 aliphatic rings. The van der Waals surface area contributed by atoms with Gasteiger partial charge in [-0.05, 0) is 92.8 Å². The smallest absolute Gasteiger partial charge is 0.281 e. The molecule has 0 spiro atoms. The Morgan fingerprint density at radius 1 is 1.08 bits per heavy atom. The first-order valence-corrected chi connectivity index (χ1v) is 14.0. The molecule has 0 saturated carbocycles. The molecule has 0 fully saturated rings. The lowest BCUT2D eigenvalue weighted by Crippen LogP contribution is -2.31. The van der Waals surface area contributed by atoms with Gasteiger partial charge >= 0.3 is 0 Å². The average Bonchev–Trinajstić information content (AvgIpc) is 2.86. The monoisotopic (exact) mass is 519 g/mol. The van der Waals surface area contributed by atoms with Gasteiger partial charge in [-0.15, -0.1) is 0 Å². The van der Waals surface area contributed by atoms with E-state index in [1.807, 2.05) is 32.9 Å². The number of amides is 1. The van der Waals surface area contributed by atoms with Crippen molar-refractivity contribution in [3.63, 3.8) is 0 Å². The van der Waals surface area contributed by atoms with Crippen LogP contribution in [0.4, 0.5) is 0 Å². The molecular formula is C29H33N3O4S. The minimum absolute atomic E-state index is 0.0269. The summed E-state index contributed by atoms with van der Waals surface area (Å²) in [5.74, 6) is 1.07. The summed E-state index contributed by atoms with van der Waals surface area (Å²) in [6, 6.07) is 11.8. The highest BCUT2D eigenvalue weighted by Crippen LogP contribution is 2.36. The van der Waals surface area contributed by atoms with E-state index in [4.69, 9.17) is 9.72 Å². The average molecular weight is 520 g/mol. The van der Waals surface area contributed by atoms with E-state index in [1.54, 1.807) is 24.3 Å². The Balaban J connectivity index is 1.72. The maximum atomic E-state index is 13.2. The van der Waals surface area contributed by atoms with Crippen molar-refractivity contribution in [2.45, 2.75) is 58.9 Å². The van der Waals surface area contributed by atoms with Gasteiger partial charge in [0.15, 0.2) is 5.03 Å². The number of hydrogen-bond donors (Lipinski definition) is 1. The van der Waals surface area contributed by atoms with Crippen molar-refractivity contribution in [2.24, 2.45) is 11.8 Å². The first kappa shape index (κ1) is 26.5. The van der Waals surface area contributed by atoms with Crippen LogP contribution in [-0.4, -0.2) is 24.3 Å². The van der Waals surface area contributed by atoms with E-state index in [0.29, 0.717) is 17.6 Å². The molecule has 194 valence electrons. The summed E-state index contributed by atoms with van der Waals surface area (Å²) in [7, 11) is -4.17. The van der Waals surface area contributed by atoms with E-state index in [2.05, 4.69) is 29.6 Å². The molecule has 1 amide bonds. The zero-order valence-corrected chi connectivity index (χ0v) is 22.7. The van der Waals surface area contributed by atoms with Crippen LogP contribution >= 0.6 is 0 Å². The van der Waals surface area contributed by atoms with Crippen molar-refractivity contribution in [2.75, 3.05) is 0 Å². The number of aromatic nitrogens is 2. The van der Waals surface area contributed by atoms with Crippen LogP contribution in [0.1, 0.15) is 65.9 Å². The van der Waals surface area contributed by atoms with Crippen molar-refractivity contribution < 1.29 is 17.9 Å². The summed E-state index contributed by atoms with van der Waals surface area (Å²) in [6.07, 6.45) is 6.51. The van der Waals surface area contributed by atoms with E-state index in [9.17, 15) is 13.2 Å². The van der Waals surface area contributed by atoms with Crippen molar-refractivity contribution in [1.29, 1.82) is 0 Å². The molecule has 7 nitrogen and oxygen atoms in total. The van der Waals surface area contributed by atoms with Crippen LogP contribution in [0.15, 0.2) is 59.8 Å². The fourth-order valence-electron chi connectivity index (χ4n) is 4.72. The van der Waals surface area contributed by atoms with Gasteiger partial charge in [-0.25, -0.2) is 14.7 Å². The topological polar surface area (TPSA) is 98.2 Å². The molecule has 2 aromatic heterocycles. The molecule has 1 atom stereocenters. The zero-order valence-electron chi connectivity index (χ0n) is 21.9. The van der Waals surface area contributed by atoms with Crippen LogP contribution in [-0.2, 0) is 10.0 Å². The van der Waals surface area contributed by atoms with Gasteiger partial charge in [0.05, 0.1) is 5.69 Å². The molecule has 8 heteroatoms. The number of nitrogens with zero attached hydrogens (tertiary/aromatic N) is 2. The van der Waals surface area contributed by atoms with E-state index in [1.165, 1.54) is 12.3 Å². The molecule has 1 N–H and O–H groups in total. The molecule has 0 aliphatic heterocycles. The number of aryl methyl sites for hydroxylation is 3. The Morgan fingerprint density at radius 2 is 1.81 bits per heavy atom. The number of carbonyl (C=O) groups excluding carboxylic acids is 1. The summed E-state index contributed by atoms with van der Waals surface area (Å²) in [4.78, 5) is 21.8. The number of pyridine rings is 2. The first-order valence-electron chi connectivity index (χ1n) is 12.5. The van der Waals surface area contributed by atoms with Crippen LogP contribution in [0, 0.1) is 32.6 Å². The van der Waals surface area contributed by atoms with Gasteiger partial charge in [-0.1, -0.05) is 43.7 Å². The summed E-state index contributed by atoms with van der Waals surface area (Å²) < 4.78 is 33.9. The van der Waals surface area contributed by atoms with Crippen LogP contribution in [0.5, 0.6) is 11.6 Å². The summed E-state index contributed by atoms with van der Waals surface area (Å²) in [5, 5.41) is -0.243. The van der Waals surface area contributed by atoms with Crippen LogP contribution in [0.2, 0.25) is 0 Å². The summed E-state index contributed by atoms with van der Waals surface area (Å²) >= 11 is 0. The fourth-order valence-corrected chi connectivity index (χ4v) is 5.64. The molecule has 0 radical (unpaired) electrons. The summed E-state index contributed by atoms with van der Waals surface area (Å²) in [6.45, 7) is 10.4. The minimum atomic E-state index is -4.17. The number of nitrogens with one attached hydrogen (secondary N) is 1. The normalized spacial score (nSPS) is 15.8. The van der Waals surface area contributed by atoms with Crippen molar-refractivity contribution >= 4 is 21.5 Å². The van der Waals surface area contributed by atoms with Gasteiger partial charge in [-0.2, -0.15) is 8.42 Å². The Morgan fingerprint density at radius 3 is 2.41 bits per heavy atom. The van der Waals surface area contributed by atoms with Gasteiger partial charge in [0, 0.05) is 6.20 Å². The highest BCUT2D eigenvalue weighted by molar-refractivity contribution is 7.90. The second-order valence-corrected chi connectivity index (χ2v) is 11.6. The maximum absolute atomic E-state index is 13.2. The Bertz CT molecular complexity index is 1420. The Labute approximate surface area is 219 Å². The van der Waals surface area contributed by atoms with Crippen molar-refractivity contribution in [3.05, 3.63) is 82.7 Å². The number of hydrogen-bond acceptors (Lipinski definition) is 6. The minimum Gasteiger partial charge on any atom is -0.438 e. The lowest BCUT2D eigenvalue weighted by molar-refractivity contribution is 0.0978. The van der Waals surface area contributed by atoms with Gasteiger partial charge in [0.25, 0.3) is 15.9 Å². The SMILES string of the molecule is Cc1cc(C)c(Oc2nc(C3=CCC(C(C)C)CC3)ccc2C(=O)NS(=O)(=O)c2ccccn2)c(C)c1. The maximum Gasteiger partial charge on any atom is 0.281 e. The second-order valence-electron chi connectivity index (χ2n) is 9.99. The molecule has 1 aromatic carbocycles. The fraction of sp³-hybridized carbons (Fsp3) is 0.345. The number of allylic oxidation sites excluding steroid dienone is 2. The number of benzene rings is 1. The van der Waals surface area contributed by atoms with Gasteiger partial charge in [-0.3, -0.25) is 4.79 Å². The molecule has 0 bridgehead atoms. The Kier molecular flexibility index (Phi) is 7.78. The predicted molar refractivity (Wildman–Crippen MR) is 144 cm³/mol. The van der Waals surface area contributed by atoms with Gasteiger partial charge < -0.3 is 4.74 Å². The summed E-state index contributed by atoms with van der Waals surface area (Å²) in [5.41, 5.74) is 4.74. The number of sulfonamides is 1. The number of rotatable bonds is 7. The lowest BCUT2D eigenvalue weighted by atomic mass is 9.81. The quantitative estimate of drug-likeness (QED) is 0.402. The van der Waals surface area contributed by atoms with Crippen LogP contribution in [0.25, 0.3) is 5.57 Å². The van der Waals surface area contributed by atoms with Crippen LogP contribution < -0.4 is 9.46 Å². The standard InChI is InChI=1S/C29H33N3O4S/c1-18(2)22-9-11-23(12-10-22)25-14-13-24(28(33)32-37(34,35)26-8-6-7-15-30-26)29(31-25)36-27-20(4)16-19(3)17-21(27)5/h6-8,11,13-18,22H,9-10,12H2,1-5H3,(H,32,33). The zero-order chi connectivity index (χ0) is 26.7. The van der Waals surface area contributed by atoms with Gasteiger partial charge in [0.1, 0.15) is 11.3 Å². The highest BCUT2D eigenvalue weighted by Gasteiger charge is 2.25. The third-order valence-electron chi connectivity index (χ3n) is 6.77. The van der Waals surface area contributed by atoms with Crippen molar-refractivity contribution in [1.82, 2.24) is 14.7 Å². The van der Waals surface area contributed by atoms with E-state index in [-0.39, 0.29) is 16.5 Å². The number of carbonyl (C=O) groups is 1. The third kappa shape index (κ3) is 6.07. The molecule has 3 aromatic rings. The highest BCUT2D eigenvalue weighted by atomic mass is 32.2. The lowest BCUT2D eigenvalue weighted by Gasteiger charge is -2.25. The van der Waals surface area contributed by atoms with Gasteiger partial charge in [0.2, 0.25) is 5.88 Å². The molecular weight excluding hydrogens is 486 g/mol. The Hall–Kier alpha value is -3.52. The van der Waals surface area contributed by atoms with Crippen molar-refractivity contribution in [3.8, 4) is 11.6 Å². The molecule has 4 rings (SSSR count). The predicted octanol–water partition coefficient (Wildman–Crippen LogP) is 6.15. The molecule has 2 heterocycles. The second kappa shape index (κ2) is 10.8. The van der Waals surface area contributed by atoms with E-state index < -0.39 is 15.9 Å². The molecule has 1 aliphatic carbocycles. The van der Waals surface area contributed by atoms with E-state index in [0.717, 1.165) is 47.2 Å². The largest absolute Gasteiger partial charge is 0.438 e. The third-order valence-corrected chi connectivity index (χ3v) is 8.02. The molecule has 1 unspecified atom stereocenters. The number of ether oxygens (including phenoxy) is 1. The molecule has 0 saturated heterocycles. The molecule has 37 heavy (non-hydrogen) atoms. The van der Waals surface area contributed by atoms with Crippen LogP contribution in [0.3, 0.4) is 0 Å². The van der Waals surface area contributed by atoms with E-state index >= 15 is 0 Å². The first-order chi connectivity index (χ1) is 17.5.